The average Bonchev–Trinajstić information content (AvgIpc) is 3.25. The summed E-state index contributed by atoms with van der Waals surface area (Å²) in [6.07, 6.45) is 6.34. The SMILES string of the molecule is COCCN(c1ncc(CNCC(C)C)cn1)C1CC1. The van der Waals surface area contributed by atoms with Crippen molar-refractivity contribution in [3.63, 3.8) is 0 Å². The Hall–Kier alpha value is -1.20. The molecular formula is C15H26N4O. The zero-order valence-electron chi connectivity index (χ0n) is 12.8. The second-order valence-corrected chi connectivity index (χ2v) is 5.83. The number of ether oxygens (including phenoxy) is 1. The number of methoxy groups -OCH3 is 1. The Kier molecular flexibility index (Phi) is 5.73. The lowest BCUT2D eigenvalue weighted by Crippen LogP contribution is -2.31. The molecule has 0 bridgehead atoms. The number of hydrogen-bond donors (Lipinski definition) is 1. The Bertz CT molecular complexity index is 389. The fourth-order valence-electron chi connectivity index (χ4n) is 2.11. The Morgan fingerprint density at radius 1 is 1.35 bits per heavy atom. The van der Waals surface area contributed by atoms with E-state index in [0.717, 1.165) is 37.8 Å². The molecule has 0 unspecified atom stereocenters. The van der Waals surface area contributed by atoms with Gasteiger partial charge in [-0.1, -0.05) is 13.8 Å². The van der Waals surface area contributed by atoms with Crippen LogP contribution in [0.15, 0.2) is 12.4 Å². The van der Waals surface area contributed by atoms with Crippen molar-refractivity contribution in [2.24, 2.45) is 5.92 Å². The van der Waals surface area contributed by atoms with Crippen LogP contribution in [0.2, 0.25) is 0 Å². The third-order valence-corrected chi connectivity index (χ3v) is 3.35. The highest BCUT2D eigenvalue weighted by Crippen LogP contribution is 2.29. The van der Waals surface area contributed by atoms with Crippen LogP contribution in [0.3, 0.4) is 0 Å². The summed E-state index contributed by atoms with van der Waals surface area (Å²) in [5.41, 5.74) is 1.14. The maximum atomic E-state index is 5.16. The number of hydrogen-bond acceptors (Lipinski definition) is 5. The molecule has 5 nitrogen and oxygen atoms in total. The van der Waals surface area contributed by atoms with Crippen LogP contribution < -0.4 is 10.2 Å². The number of nitrogens with zero attached hydrogens (tertiary/aromatic N) is 3. The van der Waals surface area contributed by atoms with Crippen LogP contribution in [-0.2, 0) is 11.3 Å². The van der Waals surface area contributed by atoms with E-state index in [-0.39, 0.29) is 0 Å². The minimum absolute atomic E-state index is 0.607. The largest absolute Gasteiger partial charge is 0.383 e. The van der Waals surface area contributed by atoms with Crippen molar-refractivity contribution >= 4 is 5.95 Å². The summed E-state index contributed by atoms with van der Waals surface area (Å²) in [6.45, 7) is 7.85. The zero-order valence-corrected chi connectivity index (χ0v) is 12.8. The lowest BCUT2D eigenvalue weighted by atomic mass is 10.2. The highest BCUT2D eigenvalue weighted by molar-refractivity contribution is 5.34. The summed E-state index contributed by atoms with van der Waals surface area (Å²) in [5, 5.41) is 3.41. The molecular weight excluding hydrogens is 252 g/mol. The van der Waals surface area contributed by atoms with Gasteiger partial charge in [0.05, 0.1) is 6.61 Å². The molecule has 20 heavy (non-hydrogen) atoms. The monoisotopic (exact) mass is 278 g/mol. The maximum Gasteiger partial charge on any atom is 0.225 e. The predicted molar refractivity (Wildman–Crippen MR) is 80.8 cm³/mol. The topological polar surface area (TPSA) is 50.3 Å². The van der Waals surface area contributed by atoms with Crippen LogP contribution in [0, 0.1) is 5.92 Å². The van der Waals surface area contributed by atoms with Gasteiger partial charge in [-0.05, 0) is 25.3 Å². The molecule has 0 saturated heterocycles. The van der Waals surface area contributed by atoms with Gasteiger partial charge >= 0.3 is 0 Å². The van der Waals surface area contributed by atoms with E-state index in [4.69, 9.17) is 4.74 Å². The first kappa shape index (κ1) is 15.2. The molecule has 1 heterocycles. The zero-order chi connectivity index (χ0) is 14.4. The smallest absolute Gasteiger partial charge is 0.225 e. The van der Waals surface area contributed by atoms with E-state index < -0.39 is 0 Å². The summed E-state index contributed by atoms with van der Waals surface area (Å²) in [6, 6.07) is 0.607. The first-order chi connectivity index (χ1) is 9.70. The van der Waals surface area contributed by atoms with Crippen molar-refractivity contribution in [2.75, 3.05) is 31.7 Å². The Morgan fingerprint density at radius 3 is 2.60 bits per heavy atom. The van der Waals surface area contributed by atoms with Crippen LogP contribution in [0.25, 0.3) is 0 Å². The van der Waals surface area contributed by atoms with E-state index in [0.29, 0.717) is 12.0 Å². The van der Waals surface area contributed by atoms with Gasteiger partial charge in [0.25, 0.3) is 0 Å². The lowest BCUT2D eigenvalue weighted by molar-refractivity contribution is 0.204. The van der Waals surface area contributed by atoms with E-state index in [1.807, 2.05) is 12.4 Å². The Balaban J connectivity index is 1.88. The van der Waals surface area contributed by atoms with E-state index in [1.54, 1.807) is 7.11 Å². The van der Waals surface area contributed by atoms with Crippen molar-refractivity contribution in [1.82, 2.24) is 15.3 Å². The van der Waals surface area contributed by atoms with Crippen LogP contribution in [0.1, 0.15) is 32.3 Å². The highest BCUT2D eigenvalue weighted by atomic mass is 16.5. The molecule has 1 aliphatic carbocycles. The third-order valence-electron chi connectivity index (χ3n) is 3.35. The molecule has 1 N–H and O–H groups in total. The molecule has 0 aromatic carbocycles. The molecule has 1 aromatic heterocycles. The normalized spacial score (nSPS) is 14.8. The fraction of sp³-hybridized carbons (Fsp3) is 0.733. The van der Waals surface area contributed by atoms with E-state index in [9.17, 15) is 0 Å². The highest BCUT2D eigenvalue weighted by Gasteiger charge is 2.30. The number of rotatable bonds is 9. The number of nitrogens with one attached hydrogen (secondary N) is 1. The second kappa shape index (κ2) is 7.55. The molecule has 0 radical (unpaired) electrons. The molecule has 0 atom stereocenters. The van der Waals surface area contributed by atoms with Gasteiger partial charge in [0.2, 0.25) is 5.95 Å². The van der Waals surface area contributed by atoms with Gasteiger partial charge < -0.3 is 15.0 Å². The molecule has 112 valence electrons. The molecule has 1 aromatic rings. The summed E-state index contributed by atoms with van der Waals surface area (Å²) >= 11 is 0. The third kappa shape index (κ3) is 4.72. The van der Waals surface area contributed by atoms with Gasteiger partial charge in [0.1, 0.15) is 0 Å². The predicted octanol–water partition coefficient (Wildman–Crippen LogP) is 1.84. The molecule has 0 amide bonds. The fourth-order valence-corrected chi connectivity index (χ4v) is 2.11. The average molecular weight is 278 g/mol. The Labute approximate surface area is 121 Å². The van der Waals surface area contributed by atoms with Gasteiger partial charge in [-0.2, -0.15) is 0 Å². The van der Waals surface area contributed by atoms with Crippen molar-refractivity contribution in [2.45, 2.75) is 39.3 Å². The van der Waals surface area contributed by atoms with Crippen molar-refractivity contribution in [3.05, 3.63) is 18.0 Å². The number of anilines is 1. The molecule has 1 aliphatic rings. The van der Waals surface area contributed by atoms with Gasteiger partial charge in [-0.25, -0.2) is 9.97 Å². The first-order valence-electron chi connectivity index (χ1n) is 7.48. The van der Waals surface area contributed by atoms with Crippen LogP contribution >= 0.6 is 0 Å². The minimum Gasteiger partial charge on any atom is -0.383 e. The second-order valence-electron chi connectivity index (χ2n) is 5.83. The molecule has 5 heteroatoms. The van der Waals surface area contributed by atoms with E-state index >= 15 is 0 Å². The van der Waals surface area contributed by atoms with Gasteiger partial charge in [0.15, 0.2) is 0 Å². The van der Waals surface area contributed by atoms with Crippen molar-refractivity contribution in [1.29, 1.82) is 0 Å². The van der Waals surface area contributed by atoms with Crippen LogP contribution in [0.4, 0.5) is 5.95 Å². The maximum absolute atomic E-state index is 5.16. The van der Waals surface area contributed by atoms with Gasteiger partial charge in [0, 0.05) is 44.2 Å². The van der Waals surface area contributed by atoms with E-state index in [2.05, 4.69) is 34.0 Å². The molecule has 1 saturated carbocycles. The van der Waals surface area contributed by atoms with Crippen LogP contribution in [0.5, 0.6) is 0 Å². The van der Waals surface area contributed by atoms with Gasteiger partial charge in [-0.3, -0.25) is 0 Å². The van der Waals surface area contributed by atoms with Crippen molar-refractivity contribution < 1.29 is 4.74 Å². The van der Waals surface area contributed by atoms with Crippen LogP contribution in [-0.4, -0.2) is 42.8 Å². The summed E-state index contributed by atoms with van der Waals surface area (Å²) in [4.78, 5) is 11.3. The van der Waals surface area contributed by atoms with E-state index in [1.165, 1.54) is 12.8 Å². The molecule has 2 rings (SSSR count). The van der Waals surface area contributed by atoms with Crippen molar-refractivity contribution in [3.8, 4) is 0 Å². The Morgan fingerprint density at radius 2 is 2.05 bits per heavy atom. The quantitative estimate of drug-likeness (QED) is 0.747. The summed E-state index contributed by atoms with van der Waals surface area (Å²) in [5.74, 6) is 1.49. The minimum atomic E-state index is 0.607. The first-order valence-corrected chi connectivity index (χ1v) is 7.48. The lowest BCUT2D eigenvalue weighted by Gasteiger charge is -2.21. The molecule has 0 spiro atoms. The molecule has 0 aliphatic heterocycles. The van der Waals surface area contributed by atoms with Gasteiger partial charge in [-0.15, -0.1) is 0 Å². The number of aromatic nitrogens is 2. The summed E-state index contributed by atoms with van der Waals surface area (Å²) < 4.78 is 5.16. The standard InChI is InChI=1S/C15H26N4O/c1-12(2)8-16-9-13-10-17-15(18-11-13)19(6-7-20-3)14-4-5-14/h10-12,14,16H,4-9H2,1-3H3. The molecule has 1 fully saturated rings. The summed E-state index contributed by atoms with van der Waals surface area (Å²) in [7, 11) is 1.73.